The topological polar surface area (TPSA) is 71.6 Å². The molecule has 2 aromatic carbocycles. The number of amides is 1. The van der Waals surface area contributed by atoms with Crippen LogP contribution in [-0.2, 0) is 4.79 Å². The highest BCUT2D eigenvalue weighted by Gasteiger charge is 2.44. The van der Waals surface area contributed by atoms with Crippen molar-refractivity contribution < 1.29 is 14.3 Å². The van der Waals surface area contributed by atoms with Crippen LogP contribution in [0.15, 0.2) is 48.5 Å². The molecule has 3 N–H and O–H groups in total. The highest BCUT2D eigenvalue weighted by atomic mass is 16.7. The van der Waals surface area contributed by atoms with E-state index in [1.54, 1.807) is 0 Å². The Hall–Kier alpha value is -2.57. The van der Waals surface area contributed by atoms with E-state index in [-0.39, 0.29) is 18.0 Å². The van der Waals surface area contributed by atoms with Gasteiger partial charge in [-0.25, -0.2) is 10.9 Å². The highest BCUT2D eigenvalue weighted by molar-refractivity contribution is 5.95. The van der Waals surface area contributed by atoms with Gasteiger partial charge in [-0.15, -0.1) is 0 Å². The molecule has 5 rings (SSSR count). The largest absolute Gasteiger partial charge is 0.448 e. The van der Waals surface area contributed by atoms with Crippen molar-refractivity contribution in [3.8, 4) is 11.5 Å². The molecule has 2 heterocycles. The summed E-state index contributed by atoms with van der Waals surface area (Å²) >= 11 is 0. The molecule has 1 aliphatic carbocycles. The second-order valence-corrected chi connectivity index (χ2v) is 7.51. The number of ether oxygens (including phenoxy) is 2. The number of nitrogens with one attached hydrogen (secondary N) is 3. The maximum atomic E-state index is 12.7. The Morgan fingerprint density at radius 1 is 1.00 bits per heavy atom. The second kappa shape index (κ2) is 6.55. The summed E-state index contributed by atoms with van der Waals surface area (Å²) in [6, 6.07) is 15.6. The van der Waals surface area contributed by atoms with Crippen molar-refractivity contribution in [2.24, 2.45) is 0 Å². The fraction of sp³-hybridized carbons (Fsp3) is 0.381. The molecule has 6 nitrogen and oxygen atoms in total. The molecule has 2 aromatic rings. The first kappa shape index (κ1) is 16.6. The number of hydrogen-bond donors (Lipinski definition) is 3. The predicted molar refractivity (Wildman–Crippen MR) is 101 cm³/mol. The molecule has 3 aliphatic rings. The molecule has 27 heavy (non-hydrogen) atoms. The molecule has 140 valence electrons. The lowest BCUT2D eigenvalue weighted by Gasteiger charge is -2.21. The maximum absolute atomic E-state index is 12.7. The standard InChI is InChI=1S/C21H23N3O3/c25-20(17-13-16(23-24-17)14-6-2-1-3-7-14)22-15-8-9-18-19(12-15)27-21(26-18)10-4-5-11-21/h1-3,6-9,12,16-17,23-24H,4-5,10-11,13H2,(H,22,25). The zero-order valence-electron chi connectivity index (χ0n) is 15.0. The fourth-order valence-electron chi connectivity index (χ4n) is 4.15. The van der Waals surface area contributed by atoms with Gasteiger partial charge in [0.05, 0.1) is 0 Å². The smallest absolute Gasteiger partial charge is 0.251 e. The molecule has 0 bridgehead atoms. The van der Waals surface area contributed by atoms with E-state index >= 15 is 0 Å². The average molecular weight is 365 g/mol. The van der Waals surface area contributed by atoms with Gasteiger partial charge in [0.15, 0.2) is 11.5 Å². The molecule has 2 unspecified atom stereocenters. The molecule has 1 amide bonds. The minimum Gasteiger partial charge on any atom is -0.448 e. The van der Waals surface area contributed by atoms with Crippen molar-refractivity contribution >= 4 is 11.6 Å². The quantitative estimate of drug-likeness (QED) is 0.779. The average Bonchev–Trinajstić information content (AvgIpc) is 3.42. The zero-order chi connectivity index (χ0) is 18.3. The van der Waals surface area contributed by atoms with Crippen molar-refractivity contribution in [1.29, 1.82) is 0 Å². The Kier molecular flexibility index (Phi) is 4.02. The summed E-state index contributed by atoms with van der Waals surface area (Å²) in [6.45, 7) is 0. The van der Waals surface area contributed by atoms with Crippen LogP contribution >= 0.6 is 0 Å². The van der Waals surface area contributed by atoms with E-state index in [4.69, 9.17) is 9.47 Å². The third-order valence-electron chi connectivity index (χ3n) is 5.59. The van der Waals surface area contributed by atoms with E-state index in [0.29, 0.717) is 6.42 Å². The first-order chi connectivity index (χ1) is 13.2. The lowest BCUT2D eigenvalue weighted by molar-refractivity contribution is -0.117. The molecule has 2 fully saturated rings. The van der Waals surface area contributed by atoms with E-state index < -0.39 is 5.79 Å². The summed E-state index contributed by atoms with van der Waals surface area (Å²) in [5.74, 6) is 0.939. The van der Waals surface area contributed by atoms with Gasteiger partial charge < -0.3 is 14.8 Å². The summed E-state index contributed by atoms with van der Waals surface area (Å²) in [5, 5.41) is 2.99. The van der Waals surface area contributed by atoms with Crippen LogP contribution in [0.5, 0.6) is 11.5 Å². The van der Waals surface area contributed by atoms with Crippen LogP contribution in [0.2, 0.25) is 0 Å². The molecule has 1 saturated carbocycles. The number of hydrazine groups is 1. The summed E-state index contributed by atoms with van der Waals surface area (Å²) in [4.78, 5) is 12.7. The Bertz CT molecular complexity index is 849. The van der Waals surface area contributed by atoms with E-state index in [1.807, 2.05) is 36.4 Å². The maximum Gasteiger partial charge on any atom is 0.251 e. The number of benzene rings is 2. The molecule has 1 spiro atoms. The number of rotatable bonds is 3. The van der Waals surface area contributed by atoms with Crippen molar-refractivity contribution in [3.63, 3.8) is 0 Å². The van der Waals surface area contributed by atoms with Gasteiger partial charge in [0.25, 0.3) is 5.79 Å². The number of fused-ring (bicyclic) bond motifs is 1. The van der Waals surface area contributed by atoms with Crippen LogP contribution in [0.25, 0.3) is 0 Å². The number of hydrogen-bond acceptors (Lipinski definition) is 5. The number of carbonyl (C=O) groups excluding carboxylic acids is 1. The van der Waals surface area contributed by atoms with E-state index in [9.17, 15) is 4.79 Å². The van der Waals surface area contributed by atoms with E-state index in [1.165, 1.54) is 5.56 Å². The van der Waals surface area contributed by atoms with E-state index in [0.717, 1.165) is 42.9 Å². The molecular formula is C21H23N3O3. The Balaban J connectivity index is 1.24. The van der Waals surface area contributed by atoms with Gasteiger partial charge in [-0.2, -0.15) is 0 Å². The third-order valence-corrected chi connectivity index (χ3v) is 5.59. The lowest BCUT2D eigenvalue weighted by Crippen LogP contribution is -2.39. The van der Waals surface area contributed by atoms with E-state index in [2.05, 4.69) is 28.3 Å². The van der Waals surface area contributed by atoms with Crippen molar-refractivity contribution in [1.82, 2.24) is 10.9 Å². The van der Waals surface area contributed by atoms with Crippen LogP contribution in [0.1, 0.15) is 43.7 Å². The van der Waals surface area contributed by atoms with Crippen LogP contribution in [-0.4, -0.2) is 17.7 Å². The molecule has 2 aliphatic heterocycles. The van der Waals surface area contributed by atoms with Gasteiger partial charge in [-0.3, -0.25) is 4.79 Å². The van der Waals surface area contributed by atoms with Gasteiger partial charge in [-0.05, 0) is 37.0 Å². The predicted octanol–water partition coefficient (Wildman–Crippen LogP) is 3.27. The van der Waals surface area contributed by atoms with Crippen LogP contribution in [0.4, 0.5) is 5.69 Å². The fourth-order valence-corrected chi connectivity index (χ4v) is 4.15. The van der Waals surface area contributed by atoms with Crippen molar-refractivity contribution in [3.05, 3.63) is 54.1 Å². The molecule has 2 atom stereocenters. The normalized spacial score (nSPS) is 25.0. The molecule has 0 radical (unpaired) electrons. The van der Waals surface area contributed by atoms with Gasteiger partial charge in [0, 0.05) is 30.6 Å². The lowest BCUT2D eigenvalue weighted by atomic mass is 10.0. The Labute approximate surface area is 158 Å². The monoisotopic (exact) mass is 365 g/mol. The SMILES string of the molecule is O=C(Nc1ccc2c(c1)OC1(CCCC1)O2)C1CC(c2ccccc2)NN1. The number of carbonyl (C=O) groups is 1. The summed E-state index contributed by atoms with van der Waals surface area (Å²) in [6.07, 6.45) is 4.79. The summed E-state index contributed by atoms with van der Waals surface area (Å²) < 4.78 is 12.1. The Morgan fingerprint density at radius 2 is 1.78 bits per heavy atom. The zero-order valence-corrected chi connectivity index (χ0v) is 15.0. The molecule has 6 heteroatoms. The molecule has 0 aromatic heterocycles. The van der Waals surface area contributed by atoms with Crippen LogP contribution in [0, 0.1) is 0 Å². The highest BCUT2D eigenvalue weighted by Crippen LogP contribution is 2.47. The van der Waals surface area contributed by atoms with Crippen LogP contribution < -0.4 is 25.6 Å². The molecule has 1 saturated heterocycles. The van der Waals surface area contributed by atoms with Gasteiger partial charge in [0.1, 0.15) is 6.04 Å². The minimum atomic E-state index is -0.481. The van der Waals surface area contributed by atoms with Gasteiger partial charge in [-0.1, -0.05) is 30.3 Å². The first-order valence-corrected chi connectivity index (χ1v) is 9.60. The number of anilines is 1. The second-order valence-electron chi connectivity index (χ2n) is 7.51. The molecular weight excluding hydrogens is 342 g/mol. The first-order valence-electron chi connectivity index (χ1n) is 9.60. The van der Waals surface area contributed by atoms with Crippen molar-refractivity contribution in [2.75, 3.05) is 5.32 Å². The van der Waals surface area contributed by atoms with Gasteiger partial charge in [0.2, 0.25) is 5.91 Å². The third kappa shape index (κ3) is 3.15. The minimum absolute atomic E-state index is 0.0598. The summed E-state index contributed by atoms with van der Waals surface area (Å²) in [5.41, 5.74) is 8.20. The Morgan fingerprint density at radius 3 is 2.59 bits per heavy atom. The van der Waals surface area contributed by atoms with Gasteiger partial charge >= 0.3 is 0 Å². The summed E-state index contributed by atoms with van der Waals surface area (Å²) in [7, 11) is 0. The van der Waals surface area contributed by atoms with Crippen molar-refractivity contribution in [2.45, 2.75) is 50.0 Å². The van der Waals surface area contributed by atoms with Crippen LogP contribution in [0.3, 0.4) is 0 Å².